The van der Waals surface area contributed by atoms with Crippen LogP contribution in [-0.2, 0) is 0 Å². The van der Waals surface area contributed by atoms with Crippen molar-refractivity contribution in [1.82, 2.24) is 4.90 Å². The molecule has 0 amide bonds. The summed E-state index contributed by atoms with van der Waals surface area (Å²) in [6, 6.07) is 8.53. The van der Waals surface area contributed by atoms with Gasteiger partial charge in [0, 0.05) is 22.5 Å². The van der Waals surface area contributed by atoms with E-state index in [0.29, 0.717) is 6.04 Å². The fraction of sp³-hybridized carbons (Fsp3) is 0.500. The zero-order valence-electron chi connectivity index (χ0n) is 12.3. The number of furan rings is 1. The van der Waals surface area contributed by atoms with Crippen molar-refractivity contribution in [3.63, 3.8) is 0 Å². The first-order valence-corrected chi connectivity index (χ1v) is 6.80. The second-order valence-corrected chi connectivity index (χ2v) is 6.19. The van der Waals surface area contributed by atoms with Crippen LogP contribution in [0.5, 0.6) is 0 Å². The lowest BCUT2D eigenvalue weighted by atomic mass is 9.93. The van der Waals surface area contributed by atoms with Gasteiger partial charge in [-0.1, -0.05) is 18.2 Å². The van der Waals surface area contributed by atoms with Crippen molar-refractivity contribution in [2.45, 2.75) is 38.3 Å². The first kappa shape index (κ1) is 14.1. The molecule has 3 heteroatoms. The van der Waals surface area contributed by atoms with Gasteiger partial charge in [0.2, 0.25) is 0 Å². The van der Waals surface area contributed by atoms with E-state index in [1.54, 1.807) is 0 Å². The summed E-state index contributed by atoms with van der Waals surface area (Å²) in [5.74, 6) is 0. The van der Waals surface area contributed by atoms with Crippen molar-refractivity contribution < 1.29 is 4.42 Å². The Labute approximate surface area is 115 Å². The van der Waals surface area contributed by atoms with Gasteiger partial charge >= 0.3 is 0 Å². The van der Waals surface area contributed by atoms with E-state index >= 15 is 0 Å². The lowest BCUT2D eigenvalue weighted by Gasteiger charge is -2.27. The molecule has 0 radical (unpaired) electrons. The lowest BCUT2D eigenvalue weighted by molar-refractivity contribution is 0.261. The largest absolute Gasteiger partial charge is 0.464 e. The summed E-state index contributed by atoms with van der Waals surface area (Å²) in [5.41, 5.74) is 8.19. The molecule has 1 heterocycles. The van der Waals surface area contributed by atoms with E-state index in [0.717, 1.165) is 18.4 Å². The Morgan fingerprint density at radius 3 is 2.58 bits per heavy atom. The van der Waals surface area contributed by atoms with E-state index in [1.165, 1.54) is 10.9 Å². The van der Waals surface area contributed by atoms with E-state index in [-0.39, 0.29) is 5.54 Å². The van der Waals surface area contributed by atoms with Crippen LogP contribution >= 0.6 is 0 Å². The van der Waals surface area contributed by atoms with Crippen molar-refractivity contribution in [3.8, 4) is 0 Å². The average molecular weight is 260 g/mol. The molecule has 0 saturated carbocycles. The highest BCUT2D eigenvalue weighted by Gasteiger charge is 2.21. The van der Waals surface area contributed by atoms with Crippen LogP contribution in [0.4, 0.5) is 0 Å². The molecular weight excluding hydrogens is 236 g/mol. The maximum atomic E-state index is 6.11. The Kier molecular flexibility index (Phi) is 3.97. The molecule has 1 aromatic carbocycles. The van der Waals surface area contributed by atoms with Gasteiger partial charge in [-0.05, 0) is 46.9 Å². The van der Waals surface area contributed by atoms with Crippen LogP contribution in [0.15, 0.2) is 34.9 Å². The number of hydrogen-bond donors (Lipinski definition) is 1. The SMILES string of the molecule is CN(C)C(CCC(C)(C)N)c1coc2ccccc12. The van der Waals surface area contributed by atoms with Gasteiger partial charge in [0.25, 0.3) is 0 Å². The Hall–Kier alpha value is -1.32. The zero-order chi connectivity index (χ0) is 14.0. The average Bonchev–Trinajstić information content (AvgIpc) is 2.72. The summed E-state index contributed by atoms with van der Waals surface area (Å²) in [6.45, 7) is 4.15. The standard InChI is InChI=1S/C16H24N2O/c1-16(2,17)10-9-14(18(3)4)13-11-19-15-8-6-5-7-12(13)15/h5-8,11,14H,9-10,17H2,1-4H3. The Morgan fingerprint density at radius 2 is 1.95 bits per heavy atom. The smallest absolute Gasteiger partial charge is 0.134 e. The fourth-order valence-electron chi connectivity index (χ4n) is 2.46. The van der Waals surface area contributed by atoms with Gasteiger partial charge in [-0.25, -0.2) is 0 Å². The van der Waals surface area contributed by atoms with Crippen LogP contribution < -0.4 is 5.73 Å². The summed E-state index contributed by atoms with van der Waals surface area (Å²) < 4.78 is 5.65. The predicted molar refractivity (Wildman–Crippen MR) is 80.1 cm³/mol. The second-order valence-electron chi connectivity index (χ2n) is 6.19. The van der Waals surface area contributed by atoms with Crippen molar-refractivity contribution in [1.29, 1.82) is 0 Å². The van der Waals surface area contributed by atoms with Gasteiger partial charge in [0.1, 0.15) is 5.58 Å². The Bertz CT molecular complexity index is 537. The van der Waals surface area contributed by atoms with Crippen LogP contribution in [0.2, 0.25) is 0 Å². The first-order chi connectivity index (χ1) is 8.88. The molecule has 104 valence electrons. The van der Waals surface area contributed by atoms with Crippen molar-refractivity contribution in [2.75, 3.05) is 14.1 Å². The Morgan fingerprint density at radius 1 is 1.26 bits per heavy atom. The van der Waals surface area contributed by atoms with Crippen LogP contribution in [0.3, 0.4) is 0 Å². The summed E-state index contributed by atoms with van der Waals surface area (Å²) in [5, 5.41) is 1.20. The minimum Gasteiger partial charge on any atom is -0.464 e. The topological polar surface area (TPSA) is 42.4 Å². The predicted octanol–water partition coefficient (Wildman–Crippen LogP) is 3.55. The monoisotopic (exact) mass is 260 g/mol. The molecule has 0 spiro atoms. The lowest BCUT2D eigenvalue weighted by Crippen LogP contribution is -2.33. The van der Waals surface area contributed by atoms with Crippen LogP contribution in [0.1, 0.15) is 38.3 Å². The molecule has 0 aliphatic heterocycles. The van der Waals surface area contributed by atoms with Gasteiger partial charge in [0.15, 0.2) is 0 Å². The molecule has 0 aliphatic rings. The van der Waals surface area contributed by atoms with Gasteiger partial charge in [-0.3, -0.25) is 0 Å². The zero-order valence-corrected chi connectivity index (χ0v) is 12.3. The van der Waals surface area contributed by atoms with Gasteiger partial charge in [-0.2, -0.15) is 0 Å². The van der Waals surface area contributed by atoms with Gasteiger partial charge in [0.05, 0.1) is 6.26 Å². The number of nitrogens with zero attached hydrogens (tertiary/aromatic N) is 1. The number of rotatable bonds is 5. The molecule has 0 saturated heterocycles. The number of benzene rings is 1. The summed E-state index contributed by atoms with van der Waals surface area (Å²) >= 11 is 0. The molecule has 2 aromatic rings. The molecule has 0 aliphatic carbocycles. The number of fused-ring (bicyclic) bond motifs is 1. The summed E-state index contributed by atoms with van der Waals surface area (Å²) in [6.07, 6.45) is 3.90. The highest BCUT2D eigenvalue weighted by atomic mass is 16.3. The first-order valence-electron chi connectivity index (χ1n) is 6.80. The third-order valence-corrected chi connectivity index (χ3v) is 3.56. The van der Waals surface area contributed by atoms with E-state index < -0.39 is 0 Å². The minimum absolute atomic E-state index is 0.131. The maximum absolute atomic E-state index is 6.11. The number of para-hydroxylation sites is 1. The second kappa shape index (κ2) is 5.35. The van der Waals surface area contributed by atoms with Crippen molar-refractivity contribution in [3.05, 3.63) is 36.1 Å². The molecular formula is C16H24N2O. The van der Waals surface area contributed by atoms with Gasteiger partial charge < -0.3 is 15.1 Å². The molecule has 0 fully saturated rings. The fourth-order valence-corrected chi connectivity index (χ4v) is 2.46. The van der Waals surface area contributed by atoms with E-state index in [1.807, 2.05) is 18.4 Å². The third-order valence-electron chi connectivity index (χ3n) is 3.56. The van der Waals surface area contributed by atoms with E-state index in [9.17, 15) is 0 Å². The molecule has 2 rings (SSSR count). The highest BCUT2D eigenvalue weighted by molar-refractivity contribution is 5.81. The van der Waals surface area contributed by atoms with Gasteiger partial charge in [-0.15, -0.1) is 0 Å². The van der Waals surface area contributed by atoms with Crippen LogP contribution in [0, 0.1) is 0 Å². The minimum atomic E-state index is -0.131. The molecule has 1 unspecified atom stereocenters. The normalized spacial score (nSPS) is 14.2. The van der Waals surface area contributed by atoms with Crippen molar-refractivity contribution in [2.24, 2.45) is 5.73 Å². The van der Waals surface area contributed by atoms with E-state index in [2.05, 4.69) is 45.0 Å². The highest BCUT2D eigenvalue weighted by Crippen LogP contribution is 2.32. The van der Waals surface area contributed by atoms with Crippen molar-refractivity contribution >= 4 is 11.0 Å². The molecule has 3 nitrogen and oxygen atoms in total. The molecule has 19 heavy (non-hydrogen) atoms. The summed E-state index contributed by atoms with van der Waals surface area (Å²) in [4.78, 5) is 2.24. The molecule has 2 N–H and O–H groups in total. The van der Waals surface area contributed by atoms with Crippen LogP contribution in [-0.4, -0.2) is 24.5 Å². The Balaban J connectivity index is 2.29. The van der Waals surface area contributed by atoms with E-state index in [4.69, 9.17) is 10.2 Å². The molecule has 1 aromatic heterocycles. The van der Waals surface area contributed by atoms with Crippen LogP contribution in [0.25, 0.3) is 11.0 Å². The molecule has 1 atom stereocenters. The third kappa shape index (κ3) is 3.37. The number of nitrogens with two attached hydrogens (primary N) is 1. The summed E-state index contributed by atoms with van der Waals surface area (Å²) in [7, 11) is 4.21. The molecule has 0 bridgehead atoms. The quantitative estimate of drug-likeness (QED) is 0.894. The number of hydrogen-bond acceptors (Lipinski definition) is 3. The maximum Gasteiger partial charge on any atom is 0.134 e.